The zero-order chi connectivity index (χ0) is 31.3. The number of nitrogens with one attached hydrogen (secondary N) is 1. The molecule has 4 atom stereocenters. The van der Waals surface area contributed by atoms with Crippen molar-refractivity contribution in [1.82, 2.24) is 25.2 Å². The molecule has 2 aromatic carbocycles. The van der Waals surface area contributed by atoms with E-state index in [-0.39, 0.29) is 40.9 Å². The third-order valence-electron chi connectivity index (χ3n) is 11.0. The summed E-state index contributed by atoms with van der Waals surface area (Å²) in [6.45, 7) is 15.6. The maximum Gasteiger partial charge on any atom is 0.319 e. The highest BCUT2D eigenvalue weighted by Gasteiger charge is 2.49. The van der Waals surface area contributed by atoms with Gasteiger partial charge in [-0.2, -0.15) is 9.97 Å². The molecule has 0 amide bonds. The number of anilines is 1. The number of hydrogen-bond donors (Lipinski definition) is 1. The van der Waals surface area contributed by atoms with Crippen molar-refractivity contribution >= 4 is 27.5 Å². The van der Waals surface area contributed by atoms with Crippen LogP contribution < -0.4 is 19.7 Å². The first-order valence-electron chi connectivity index (χ1n) is 16.6. The second-order valence-corrected chi connectivity index (χ2v) is 14.0. The number of aromatic nitrogens is 3. The molecule has 0 aliphatic carbocycles. The molecule has 4 fully saturated rings. The number of rotatable bonds is 5. The molecule has 0 saturated carbocycles. The SMILES string of the molecule is C=C1CN2CC(=C)CC2(COc2nc3c4c(nc(-c5cccc6cccc(CC)c56)c(F)c4n2)O[C@@H](C)[C@@H]2[C@@H]4CC[C@H](CN32)N4)C1. The molecule has 2 aromatic heterocycles. The monoisotopic (exact) mass is 618 g/mol. The third-order valence-corrected chi connectivity index (χ3v) is 11.0. The zero-order valence-corrected chi connectivity index (χ0v) is 26.5. The predicted octanol–water partition coefficient (Wildman–Crippen LogP) is 5.98. The summed E-state index contributed by atoms with van der Waals surface area (Å²) in [5.41, 5.74) is 4.46. The van der Waals surface area contributed by atoms with Gasteiger partial charge in [0.1, 0.15) is 35.1 Å². The predicted molar refractivity (Wildman–Crippen MR) is 178 cm³/mol. The average Bonchev–Trinajstić information content (AvgIpc) is 3.64. The highest BCUT2D eigenvalue weighted by Crippen LogP contribution is 2.46. The molecule has 0 spiro atoms. The van der Waals surface area contributed by atoms with E-state index in [9.17, 15) is 0 Å². The van der Waals surface area contributed by atoms with Gasteiger partial charge in [-0.15, -0.1) is 0 Å². The van der Waals surface area contributed by atoms with E-state index >= 15 is 4.39 Å². The van der Waals surface area contributed by atoms with Crippen LogP contribution in [0.25, 0.3) is 32.9 Å². The Kier molecular flexibility index (Phi) is 6.25. The second kappa shape index (κ2) is 10.2. The minimum absolute atomic E-state index is 0.0139. The van der Waals surface area contributed by atoms with E-state index in [1.165, 1.54) is 11.1 Å². The number of nitrogens with zero attached hydrogens (tertiary/aromatic N) is 5. The van der Waals surface area contributed by atoms with Gasteiger partial charge in [0.2, 0.25) is 5.88 Å². The molecular weight excluding hydrogens is 579 g/mol. The van der Waals surface area contributed by atoms with Crippen molar-refractivity contribution in [3.05, 3.63) is 72.1 Å². The Morgan fingerprint density at radius 2 is 1.83 bits per heavy atom. The molecule has 5 aliphatic heterocycles. The van der Waals surface area contributed by atoms with Gasteiger partial charge in [-0.3, -0.25) is 4.90 Å². The van der Waals surface area contributed by atoms with Crippen LogP contribution in [0.15, 0.2) is 60.7 Å². The lowest BCUT2D eigenvalue weighted by Gasteiger charge is -2.42. The van der Waals surface area contributed by atoms with Crippen molar-refractivity contribution in [2.75, 3.05) is 31.1 Å². The summed E-state index contributed by atoms with van der Waals surface area (Å²) < 4.78 is 30.4. The van der Waals surface area contributed by atoms with Crippen LogP contribution in [0, 0.1) is 5.82 Å². The van der Waals surface area contributed by atoms with Gasteiger partial charge in [0.05, 0.1) is 11.6 Å². The maximum atomic E-state index is 17.2. The summed E-state index contributed by atoms with van der Waals surface area (Å²) >= 11 is 0. The van der Waals surface area contributed by atoms with Crippen LogP contribution in [-0.2, 0) is 6.42 Å². The van der Waals surface area contributed by atoms with Gasteiger partial charge in [-0.1, -0.05) is 67.6 Å². The molecule has 5 aliphatic rings. The standard InChI is InChI=1S/C37H39FN6O2/c1-5-23-8-6-9-24-10-7-11-26(28(23)24)31-30(38)32-29-34(44-18-25-12-13-27(39-25)33(44)22(4)46-35(29)40-31)42-36(41-32)45-19-37-14-20(2)16-43(37)17-21(3)15-37/h6-11,22,25,27,33,39H,2-3,5,12-19H2,1,4H3/t22-,25+,27-,33+/m0/s1. The van der Waals surface area contributed by atoms with Crippen LogP contribution in [0.4, 0.5) is 10.2 Å². The topological polar surface area (TPSA) is 75.6 Å². The molecule has 4 saturated heterocycles. The number of piperazine rings is 1. The first-order valence-corrected chi connectivity index (χ1v) is 16.6. The summed E-state index contributed by atoms with van der Waals surface area (Å²) in [4.78, 5) is 19.5. The van der Waals surface area contributed by atoms with Gasteiger partial charge in [0.15, 0.2) is 5.82 Å². The van der Waals surface area contributed by atoms with Crippen molar-refractivity contribution in [2.24, 2.45) is 0 Å². The Labute approximate surface area is 268 Å². The minimum Gasteiger partial charge on any atom is -0.472 e. The summed E-state index contributed by atoms with van der Waals surface area (Å²) in [6.07, 6.45) is 4.45. The molecule has 0 radical (unpaired) electrons. The summed E-state index contributed by atoms with van der Waals surface area (Å²) in [6, 6.07) is 13.0. The quantitative estimate of drug-likeness (QED) is 0.274. The Morgan fingerprint density at radius 3 is 2.61 bits per heavy atom. The van der Waals surface area contributed by atoms with Gasteiger partial charge in [0, 0.05) is 37.3 Å². The number of ether oxygens (including phenoxy) is 2. The van der Waals surface area contributed by atoms with E-state index < -0.39 is 5.82 Å². The number of benzene rings is 2. The zero-order valence-electron chi connectivity index (χ0n) is 26.5. The highest BCUT2D eigenvalue weighted by molar-refractivity contribution is 6.02. The Morgan fingerprint density at radius 1 is 1.04 bits per heavy atom. The first kappa shape index (κ1) is 28.2. The van der Waals surface area contributed by atoms with Crippen molar-refractivity contribution < 1.29 is 13.9 Å². The second-order valence-electron chi connectivity index (χ2n) is 14.0. The van der Waals surface area contributed by atoms with Crippen molar-refractivity contribution in [3.63, 3.8) is 0 Å². The van der Waals surface area contributed by atoms with Gasteiger partial charge in [-0.05, 0) is 55.4 Å². The lowest BCUT2D eigenvalue weighted by molar-refractivity contribution is 0.108. The summed E-state index contributed by atoms with van der Waals surface area (Å²) in [5.74, 6) is 0.538. The van der Waals surface area contributed by atoms with Crippen LogP contribution in [0.1, 0.15) is 45.1 Å². The van der Waals surface area contributed by atoms with E-state index in [1.807, 2.05) is 12.1 Å². The number of hydrogen-bond acceptors (Lipinski definition) is 8. The average molecular weight is 619 g/mol. The molecule has 9 rings (SSSR count). The van der Waals surface area contributed by atoms with Crippen LogP contribution >= 0.6 is 0 Å². The van der Waals surface area contributed by atoms with E-state index in [0.717, 1.165) is 73.6 Å². The number of fused-ring (bicyclic) bond motifs is 7. The summed E-state index contributed by atoms with van der Waals surface area (Å²) in [7, 11) is 0. The first-order chi connectivity index (χ1) is 22.3. The van der Waals surface area contributed by atoms with Gasteiger partial charge in [0.25, 0.3) is 0 Å². The van der Waals surface area contributed by atoms with Crippen LogP contribution in [0.3, 0.4) is 0 Å². The molecule has 0 unspecified atom stereocenters. The fraction of sp³-hybridized carbons (Fsp3) is 0.432. The largest absolute Gasteiger partial charge is 0.472 e. The molecular formula is C37H39FN6O2. The van der Waals surface area contributed by atoms with Crippen LogP contribution in [0.2, 0.25) is 0 Å². The lowest BCUT2D eigenvalue weighted by Crippen LogP contribution is -2.62. The normalized spacial score (nSPS) is 26.4. The molecule has 1 N–H and O–H groups in total. The third kappa shape index (κ3) is 4.14. The van der Waals surface area contributed by atoms with E-state index in [4.69, 9.17) is 24.4 Å². The van der Waals surface area contributed by atoms with Crippen molar-refractivity contribution in [2.45, 2.75) is 75.7 Å². The molecule has 2 bridgehead atoms. The molecule has 8 nitrogen and oxygen atoms in total. The minimum atomic E-state index is -0.484. The maximum absolute atomic E-state index is 17.2. The Hall–Kier alpha value is -4.08. The smallest absolute Gasteiger partial charge is 0.319 e. The molecule has 46 heavy (non-hydrogen) atoms. The van der Waals surface area contributed by atoms with Crippen molar-refractivity contribution in [3.8, 4) is 23.1 Å². The van der Waals surface area contributed by atoms with Gasteiger partial charge < -0.3 is 19.7 Å². The van der Waals surface area contributed by atoms with Gasteiger partial charge >= 0.3 is 6.01 Å². The fourth-order valence-corrected chi connectivity index (χ4v) is 9.10. The van der Waals surface area contributed by atoms with E-state index in [2.05, 4.69) is 66.4 Å². The van der Waals surface area contributed by atoms with Crippen molar-refractivity contribution in [1.29, 1.82) is 0 Å². The number of aryl methyl sites for hydroxylation is 1. The Bertz CT molecular complexity index is 1930. The Balaban J connectivity index is 1.24. The van der Waals surface area contributed by atoms with Gasteiger partial charge in [-0.25, -0.2) is 9.37 Å². The molecule has 236 valence electrons. The molecule has 4 aromatic rings. The highest BCUT2D eigenvalue weighted by atomic mass is 19.1. The molecule has 7 heterocycles. The summed E-state index contributed by atoms with van der Waals surface area (Å²) in [5, 5.41) is 6.35. The molecule has 9 heteroatoms. The van der Waals surface area contributed by atoms with E-state index in [0.29, 0.717) is 29.7 Å². The van der Waals surface area contributed by atoms with E-state index in [1.54, 1.807) is 0 Å². The van der Waals surface area contributed by atoms with Crippen LogP contribution in [0.5, 0.6) is 11.9 Å². The lowest BCUT2D eigenvalue weighted by atomic mass is 9.92. The fourth-order valence-electron chi connectivity index (χ4n) is 9.10. The van der Waals surface area contributed by atoms with Crippen LogP contribution in [-0.4, -0.2) is 75.9 Å². The number of halogens is 1. The number of pyridine rings is 1.